The van der Waals surface area contributed by atoms with Crippen LogP contribution in [0.5, 0.6) is 0 Å². The van der Waals surface area contributed by atoms with Gasteiger partial charge in [-0.25, -0.2) is 0 Å². The van der Waals surface area contributed by atoms with Crippen LogP contribution >= 0.6 is 23.2 Å². The Bertz CT molecular complexity index is 614. The summed E-state index contributed by atoms with van der Waals surface area (Å²) >= 11 is 12.2. The minimum atomic E-state index is 0.133. The Hall–Kier alpha value is -0.960. The Morgan fingerprint density at radius 2 is 2.00 bits per heavy atom. The molecular formula is C14H14Cl2N2. The van der Waals surface area contributed by atoms with Gasteiger partial charge in [-0.3, -0.25) is 0 Å². The highest BCUT2D eigenvalue weighted by Gasteiger charge is 2.23. The topological polar surface area (TPSA) is 30.9 Å². The summed E-state index contributed by atoms with van der Waals surface area (Å²) in [6.07, 6.45) is 3.02. The highest BCUT2D eigenvalue weighted by Crippen LogP contribution is 2.41. The second-order valence-electron chi connectivity index (χ2n) is 4.92. The van der Waals surface area contributed by atoms with Gasteiger partial charge >= 0.3 is 0 Å². The summed E-state index contributed by atoms with van der Waals surface area (Å²) in [5.74, 6) is 0. The maximum atomic E-state index is 6.12. The standard InChI is InChI=1S/C14H14Cl2N2/c1-8(17)7-18-3-2-9-4-10-5-12(15)13(16)6-11(10)14(9)18/h2-3,5-6,8H,4,7,17H2,1H3/t8-/m1/s1. The minimum Gasteiger partial charge on any atom is -0.346 e. The Labute approximate surface area is 116 Å². The van der Waals surface area contributed by atoms with Gasteiger partial charge in [-0.1, -0.05) is 23.2 Å². The normalized spacial score (nSPS) is 14.4. The SMILES string of the molecule is C[C@@H](N)Cn1ccc2c1-c1cc(Cl)c(Cl)cc1C2. The molecule has 1 aromatic heterocycles. The Morgan fingerprint density at radius 3 is 2.72 bits per heavy atom. The average molecular weight is 281 g/mol. The number of benzene rings is 1. The van der Waals surface area contributed by atoms with Crippen molar-refractivity contribution >= 4 is 23.2 Å². The lowest BCUT2D eigenvalue weighted by atomic mass is 10.1. The number of nitrogens with zero attached hydrogens (tertiary/aromatic N) is 1. The summed E-state index contributed by atoms with van der Waals surface area (Å²) in [5.41, 5.74) is 10.9. The van der Waals surface area contributed by atoms with Gasteiger partial charge in [-0.2, -0.15) is 0 Å². The highest BCUT2D eigenvalue weighted by atomic mass is 35.5. The van der Waals surface area contributed by atoms with E-state index in [1.165, 1.54) is 22.4 Å². The van der Waals surface area contributed by atoms with E-state index >= 15 is 0 Å². The van der Waals surface area contributed by atoms with E-state index in [1.807, 2.05) is 19.1 Å². The van der Waals surface area contributed by atoms with Crippen LogP contribution in [0.4, 0.5) is 0 Å². The van der Waals surface area contributed by atoms with Crippen LogP contribution in [0, 0.1) is 0 Å². The molecule has 0 spiro atoms. The van der Waals surface area contributed by atoms with Crippen molar-refractivity contribution in [3.63, 3.8) is 0 Å². The summed E-state index contributed by atoms with van der Waals surface area (Å²) in [5, 5.41) is 1.23. The first-order valence-electron chi connectivity index (χ1n) is 5.98. The summed E-state index contributed by atoms with van der Waals surface area (Å²) in [4.78, 5) is 0. The van der Waals surface area contributed by atoms with E-state index in [0.29, 0.717) is 10.0 Å². The summed E-state index contributed by atoms with van der Waals surface area (Å²) in [6, 6.07) is 6.21. The number of halogens is 2. The van der Waals surface area contributed by atoms with Crippen molar-refractivity contribution in [1.29, 1.82) is 0 Å². The van der Waals surface area contributed by atoms with Crippen LogP contribution in [0.15, 0.2) is 24.4 Å². The van der Waals surface area contributed by atoms with Crippen molar-refractivity contribution in [3.05, 3.63) is 45.6 Å². The van der Waals surface area contributed by atoms with Crippen molar-refractivity contribution in [2.24, 2.45) is 5.73 Å². The number of hydrogen-bond acceptors (Lipinski definition) is 1. The molecule has 0 bridgehead atoms. The van der Waals surface area contributed by atoms with Crippen LogP contribution < -0.4 is 5.73 Å². The fraction of sp³-hybridized carbons (Fsp3) is 0.286. The molecular weight excluding hydrogens is 267 g/mol. The zero-order valence-electron chi connectivity index (χ0n) is 10.1. The number of aromatic nitrogens is 1. The molecule has 0 saturated carbocycles. The molecule has 0 radical (unpaired) electrons. The molecule has 3 rings (SSSR count). The lowest BCUT2D eigenvalue weighted by molar-refractivity contribution is 0.596. The molecule has 1 aliphatic carbocycles. The molecule has 2 aromatic rings. The third-order valence-electron chi connectivity index (χ3n) is 3.31. The largest absolute Gasteiger partial charge is 0.346 e. The van der Waals surface area contributed by atoms with Crippen LogP contribution in [-0.4, -0.2) is 10.6 Å². The maximum absolute atomic E-state index is 6.12. The van der Waals surface area contributed by atoms with E-state index in [4.69, 9.17) is 28.9 Å². The van der Waals surface area contributed by atoms with Gasteiger partial charge in [-0.05, 0) is 36.2 Å². The number of fused-ring (bicyclic) bond motifs is 3. The van der Waals surface area contributed by atoms with E-state index in [-0.39, 0.29) is 6.04 Å². The van der Waals surface area contributed by atoms with E-state index in [9.17, 15) is 0 Å². The van der Waals surface area contributed by atoms with E-state index in [0.717, 1.165) is 13.0 Å². The minimum absolute atomic E-state index is 0.133. The Balaban J connectivity index is 2.13. The van der Waals surface area contributed by atoms with Gasteiger partial charge in [0.05, 0.1) is 15.7 Å². The molecule has 94 valence electrons. The first-order chi connectivity index (χ1) is 8.56. The number of hydrogen-bond donors (Lipinski definition) is 1. The van der Waals surface area contributed by atoms with Gasteiger partial charge in [0.1, 0.15) is 0 Å². The molecule has 4 heteroatoms. The fourth-order valence-electron chi connectivity index (χ4n) is 2.61. The van der Waals surface area contributed by atoms with Crippen molar-refractivity contribution in [2.45, 2.75) is 25.9 Å². The molecule has 2 nitrogen and oxygen atoms in total. The lowest BCUT2D eigenvalue weighted by Crippen LogP contribution is -2.22. The molecule has 0 aliphatic heterocycles. The second kappa shape index (κ2) is 4.30. The summed E-state index contributed by atoms with van der Waals surface area (Å²) in [6.45, 7) is 2.83. The van der Waals surface area contributed by atoms with E-state index in [2.05, 4.69) is 16.8 Å². The average Bonchev–Trinajstić information content (AvgIpc) is 2.80. The second-order valence-corrected chi connectivity index (χ2v) is 5.73. The fourth-order valence-corrected chi connectivity index (χ4v) is 2.96. The predicted octanol–water partition coefficient (Wildman–Crippen LogP) is 3.71. The molecule has 1 aromatic carbocycles. The van der Waals surface area contributed by atoms with Gasteiger partial charge in [0, 0.05) is 30.8 Å². The third kappa shape index (κ3) is 1.85. The van der Waals surface area contributed by atoms with Gasteiger partial charge in [0.25, 0.3) is 0 Å². The molecule has 1 atom stereocenters. The molecule has 1 aliphatic rings. The Morgan fingerprint density at radius 1 is 1.28 bits per heavy atom. The molecule has 2 N–H and O–H groups in total. The van der Waals surface area contributed by atoms with Gasteiger partial charge in [-0.15, -0.1) is 0 Å². The van der Waals surface area contributed by atoms with Crippen LogP contribution in [0.2, 0.25) is 10.0 Å². The summed E-state index contributed by atoms with van der Waals surface area (Å²) < 4.78 is 2.20. The highest BCUT2D eigenvalue weighted by molar-refractivity contribution is 6.42. The van der Waals surface area contributed by atoms with Gasteiger partial charge in [0.2, 0.25) is 0 Å². The smallest absolute Gasteiger partial charge is 0.0599 e. The van der Waals surface area contributed by atoms with Gasteiger partial charge in [0.15, 0.2) is 0 Å². The van der Waals surface area contributed by atoms with Crippen molar-refractivity contribution < 1.29 is 0 Å². The number of nitrogens with two attached hydrogens (primary N) is 1. The molecule has 1 heterocycles. The van der Waals surface area contributed by atoms with Crippen LogP contribution in [-0.2, 0) is 13.0 Å². The van der Waals surface area contributed by atoms with Crippen LogP contribution in [0.25, 0.3) is 11.3 Å². The van der Waals surface area contributed by atoms with E-state index in [1.54, 1.807) is 0 Å². The van der Waals surface area contributed by atoms with Crippen molar-refractivity contribution in [1.82, 2.24) is 4.57 Å². The Kier molecular flexibility index (Phi) is 2.89. The zero-order chi connectivity index (χ0) is 12.9. The summed E-state index contributed by atoms with van der Waals surface area (Å²) in [7, 11) is 0. The van der Waals surface area contributed by atoms with Crippen LogP contribution in [0.1, 0.15) is 18.1 Å². The van der Waals surface area contributed by atoms with Crippen LogP contribution in [0.3, 0.4) is 0 Å². The van der Waals surface area contributed by atoms with Crippen molar-refractivity contribution in [3.8, 4) is 11.3 Å². The van der Waals surface area contributed by atoms with E-state index < -0.39 is 0 Å². The molecule has 18 heavy (non-hydrogen) atoms. The maximum Gasteiger partial charge on any atom is 0.0599 e. The molecule has 0 amide bonds. The molecule has 0 fully saturated rings. The zero-order valence-corrected chi connectivity index (χ0v) is 11.6. The molecule has 0 saturated heterocycles. The first-order valence-corrected chi connectivity index (χ1v) is 6.73. The number of rotatable bonds is 2. The van der Waals surface area contributed by atoms with Crippen molar-refractivity contribution in [2.75, 3.05) is 0 Å². The molecule has 0 unspecified atom stereocenters. The third-order valence-corrected chi connectivity index (χ3v) is 4.04. The monoisotopic (exact) mass is 280 g/mol. The van der Waals surface area contributed by atoms with Gasteiger partial charge < -0.3 is 10.3 Å². The predicted molar refractivity (Wildman–Crippen MR) is 76.3 cm³/mol. The first kappa shape index (κ1) is 12.1. The quantitative estimate of drug-likeness (QED) is 0.762. The lowest BCUT2D eigenvalue weighted by Gasteiger charge is -2.12.